The van der Waals surface area contributed by atoms with Crippen LogP contribution >= 0.6 is 0 Å². The van der Waals surface area contributed by atoms with Crippen LogP contribution in [0.2, 0.25) is 0 Å². The van der Waals surface area contributed by atoms with Crippen LogP contribution in [-0.2, 0) is 11.2 Å². The highest BCUT2D eigenvalue weighted by Crippen LogP contribution is 2.37. The van der Waals surface area contributed by atoms with Gasteiger partial charge in [-0.15, -0.1) is 0 Å². The molecular formula is C17H18O3. The molecule has 0 unspecified atom stereocenters. The molecule has 20 heavy (non-hydrogen) atoms. The van der Waals surface area contributed by atoms with E-state index in [9.17, 15) is 0 Å². The first kappa shape index (κ1) is 12.9. The first-order valence-corrected chi connectivity index (χ1v) is 6.69. The fourth-order valence-electron chi connectivity index (χ4n) is 2.76. The summed E-state index contributed by atoms with van der Waals surface area (Å²) in [5.41, 5.74) is 2.58. The van der Waals surface area contributed by atoms with E-state index >= 15 is 0 Å². The summed E-state index contributed by atoms with van der Waals surface area (Å²) >= 11 is 0. The normalized spacial score (nSPS) is 13.7. The van der Waals surface area contributed by atoms with Crippen molar-refractivity contribution in [3.8, 4) is 11.5 Å². The smallest absolute Gasteiger partial charge is 0.161 e. The van der Waals surface area contributed by atoms with E-state index in [2.05, 4.69) is 18.2 Å². The molecule has 0 saturated carbocycles. The van der Waals surface area contributed by atoms with Crippen molar-refractivity contribution in [1.29, 1.82) is 0 Å². The third-order valence-corrected chi connectivity index (χ3v) is 3.86. The van der Waals surface area contributed by atoms with E-state index < -0.39 is 0 Å². The summed E-state index contributed by atoms with van der Waals surface area (Å²) < 4.78 is 16.2. The maximum Gasteiger partial charge on any atom is 0.161 e. The maximum atomic E-state index is 5.41. The molecule has 0 heterocycles. The average Bonchev–Trinajstić information content (AvgIpc) is 2.52. The number of benzene rings is 2. The zero-order chi connectivity index (χ0) is 14.1. The molecule has 0 atom stereocenters. The minimum atomic E-state index is 0.756. The third kappa shape index (κ3) is 1.99. The lowest BCUT2D eigenvalue weighted by molar-refractivity contribution is 0.280. The molecule has 0 aliphatic heterocycles. The Morgan fingerprint density at radius 2 is 1.60 bits per heavy atom. The van der Waals surface area contributed by atoms with Gasteiger partial charge in [0.15, 0.2) is 11.5 Å². The molecule has 0 bridgehead atoms. The first-order chi connectivity index (χ1) is 9.76. The van der Waals surface area contributed by atoms with E-state index in [-0.39, 0.29) is 0 Å². The van der Waals surface area contributed by atoms with Crippen LogP contribution in [0.4, 0.5) is 0 Å². The molecule has 0 N–H and O–H groups in total. The second-order valence-electron chi connectivity index (χ2n) is 4.88. The average molecular weight is 270 g/mol. The van der Waals surface area contributed by atoms with Gasteiger partial charge >= 0.3 is 0 Å². The van der Waals surface area contributed by atoms with E-state index in [1.54, 1.807) is 21.3 Å². The predicted molar refractivity (Wildman–Crippen MR) is 80.4 cm³/mol. The van der Waals surface area contributed by atoms with Gasteiger partial charge in [-0.1, -0.05) is 12.1 Å². The Kier molecular flexibility index (Phi) is 3.26. The van der Waals surface area contributed by atoms with Gasteiger partial charge in [-0.3, -0.25) is 0 Å². The van der Waals surface area contributed by atoms with Gasteiger partial charge in [0.1, 0.15) is 0 Å². The van der Waals surface area contributed by atoms with Gasteiger partial charge in [-0.05, 0) is 46.5 Å². The van der Waals surface area contributed by atoms with Crippen molar-refractivity contribution in [3.05, 3.63) is 41.2 Å². The third-order valence-electron chi connectivity index (χ3n) is 3.86. The molecule has 0 fully saturated rings. The Balaban J connectivity index is 2.28. The Morgan fingerprint density at radius 1 is 0.850 bits per heavy atom. The second-order valence-corrected chi connectivity index (χ2v) is 4.88. The zero-order valence-electron chi connectivity index (χ0n) is 12.0. The summed E-state index contributed by atoms with van der Waals surface area (Å²) in [6.07, 6.45) is 4.11. The number of methoxy groups -OCH3 is 3. The van der Waals surface area contributed by atoms with Gasteiger partial charge in [0.25, 0.3) is 0 Å². The fourth-order valence-corrected chi connectivity index (χ4v) is 2.76. The monoisotopic (exact) mass is 270 g/mol. The maximum absolute atomic E-state index is 5.41. The van der Waals surface area contributed by atoms with Crippen molar-refractivity contribution >= 4 is 16.8 Å². The summed E-state index contributed by atoms with van der Waals surface area (Å²) in [7, 11) is 5.05. The standard InChI is InChI=1S/C17H18O3/c1-18-13-7-6-11-4-5-12-8-16(19-2)17(20-3)10-15(12)14(11)9-13/h4-5,8-10H,6-7H2,1-3H3. The summed E-state index contributed by atoms with van der Waals surface area (Å²) in [4.78, 5) is 0. The Hall–Kier alpha value is -2.16. The van der Waals surface area contributed by atoms with Crippen LogP contribution < -0.4 is 9.47 Å². The van der Waals surface area contributed by atoms with E-state index in [4.69, 9.17) is 14.2 Å². The quantitative estimate of drug-likeness (QED) is 0.849. The number of hydrogen-bond donors (Lipinski definition) is 0. The Morgan fingerprint density at radius 3 is 2.30 bits per heavy atom. The molecule has 3 rings (SSSR count). The van der Waals surface area contributed by atoms with Crippen molar-refractivity contribution in [3.63, 3.8) is 0 Å². The molecule has 0 radical (unpaired) electrons. The number of allylic oxidation sites excluding steroid dienone is 1. The molecule has 3 heteroatoms. The number of fused-ring (bicyclic) bond motifs is 3. The van der Waals surface area contributed by atoms with Gasteiger partial charge in [0.05, 0.1) is 27.1 Å². The summed E-state index contributed by atoms with van der Waals surface area (Å²) in [6, 6.07) is 8.39. The van der Waals surface area contributed by atoms with Gasteiger partial charge in [-0.2, -0.15) is 0 Å². The van der Waals surface area contributed by atoms with Gasteiger partial charge in [-0.25, -0.2) is 0 Å². The molecule has 0 saturated heterocycles. The molecule has 2 aromatic carbocycles. The lowest BCUT2D eigenvalue weighted by Crippen LogP contribution is -2.01. The summed E-state index contributed by atoms with van der Waals surface area (Å²) in [6.45, 7) is 0. The molecule has 1 aliphatic carbocycles. The molecule has 0 amide bonds. The van der Waals surface area contributed by atoms with Crippen molar-refractivity contribution in [2.24, 2.45) is 0 Å². The summed E-state index contributed by atoms with van der Waals surface area (Å²) in [5.74, 6) is 2.54. The molecule has 3 nitrogen and oxygen atoms in total. The van der Waals surface area contributed by atoms with Crippen molar-refractivity contribution in [2.45, 2.75) is 12.8 Å². The lowest BCUT2D eigenvalue weighted by atomic mass is 9.91. The predicted octanol–water partition coefficient (Wildman–Crippen LogP) is 3.79. The summed E-state index contributed by atoms with van der Waals surface area (Å²) in [5, 5.41) is 2.32. The highest BCUT2D eigenvalue weighted by molar-refractivity contribution is 5.95. The van der Waals surface area contributed by atoms with E-state index in [0.29, 0.717) is 0 Å². The molecule has 104 valence electrons. The van der Waals surface area contributed by atoms with E-state index in [1.165, 1.54) is 16.5 Å². The van der Waals surface area contributed by atoms with E-state index in [0.717, 1.165) is 35.5 Å². The molecule has 0 spiro atoms. The van der Waals surface area contributed by atoms with Crippen molar-refractivity contribution in [2.75, 3.05) is 21.3 Å². The topological polar surface area (TPSA) is 27.7 Å². The molecular weight excluding hydrogens is 252 g/mol. The van der Waals surface area contributed by atoms with Crippen molar-refractivity contribution < 1.29 is 14.2 Å². The molecule has 2 aromatic rings. The van der Waals surface area contributed by atoms with Crippen LogP contribution in [0.5, 0.6) is 11.5 Å². The van der Waals surface area contributed by atoms with Crippen LogP contribution in [-0.4, -0.2) is 21.3 Å². The highest BCUT2D eigenvalue weighted by Gasteiger charge is 2.15. The van der Waals surface area contributed by atoms with Crippen LogP contribution in [0.25, 0.3) is 16.8 Å². The van der Waals surface area contributed by atoms with Crippen LogP contribution in [0.1, 0.15) is 17.5 Å². The zero-order valence-corrected chi connectivity index (χ0v) is 12.0. The van der Waals surface area contributed by atoms with Gasteiger partial charge in [0.2, 0.25) is 0 Å². The second kappa shape index (κ2) is 5.08. The Labute approximate surface area is 118 Å². The lowest BCUT2D eigenvalue weighted by Gasteiger charge is -2.18. The first-order valence-electron chi connectivity index (χ1n) is 6.69. The SMILES string of the molecule is COC1=Cc2c(ccc3cc(OC)c(OC)cc23)CC1. The Bertz CT molecular complexity index is 686. The van der Waals surface area contributed by atoms with Crippen LogP contribution in [0.15, 0.2) is 30.0 Å². The minimum Gasteiger partial charge on any atom is -0.501 e. The number of rotatable bonds is 3. The number of aryl methyl sites for hydroxylation is 1. The van der Waals surface area contributed by atoms with Crippen LogP contribution in [0, 0.1) is 0 Å². The highest BCUT2D eigenvalue weighted by atomic mass is 16.5. The van der Waals surface area contributed by atoms with Gasteiger partial charge in [0, 0.05) is 6.42 Å². The minimum absolute atomic E-state index is 0.756. The van der Waals surface area contributed by atoms with Gasteiger partial charge < -0.3 is 14.2 Å². The number of hydrogen-bond acceptors (Lipinski definition) is 3. The largest absolute Gasteiger partial charge is 0.501 e. The van der Waals surface area contributed by atoms with Crippen LogP contribution in [0.3, 0.4) is 0 Å². The number of ether oxygens (including phenoxy) is 3. The van der Waals surface area contributed by atoms with Crippen molar-refractivity contribution in [1.82, 2.24) is 0 Å². The molecule has 1 aliphatic rings. The molecule has 0 aromatic heterocycles. The van der Waals surface area contributed by atoms with E-state index in [1.807, 2.05) is 12.1 Å². The fraction of sp³-hybridized carbons (Fsp3) is 0.294.